The SMILES string of the molecule is CC(N)Cc1ccccc1OC(C)C(=O)N1CCCC1. The van der Waals surface area contributed by atoms with Crippen LogP contribution in [0.2, 0.25) is 0 Å². The number of rotatable bonds is 5. The van der Waals surface area contributed by atoms with E-state index in [1.165, 1.54) is 0 Å². The van der Waals surface area contributed by atoms with Crippen molar-refractivity contribution in [2.45, 2.75) is 45.3 Å². The van der Waals surface area contributed by atoms with Crippen molar-refractivity contribution in [1.29, 1.82) is 0 Å². The van der Waals surface area contributed by atoms with Crippen LogP contribution in [-0.4, -0.2) is 36.0 Å². The van der Waals surface area contributed by atoms with Crippen molar-refractivity contribution in [3.63, 3.8) is 0 Å². The van der Waals surface area contributed by atoms with Crippen molar-refractivity contribution in [1.82, 2.24) is 4.90 Å². The first-order chi connectivity index (χ1) is 9.58. The standard InChI is InChI=1S/C16H24N2O2/c1-12(17)11-14-7-3-4-8-15(14)20-13(2)16(19)18-9-5-6-10-18/h3-4,7-8,12-13H,5-6,9-11,17H2,1-2H3. The number of ether oxygens (including phenoxy) is 1. The Kier molecular flexibility index (Phi) is 5.01. The van der Waals surface area contributed by atoms with E-state index in [2.05, 4.69) is 0 Å². The molecule has 0 saturated carbocycles. The van der Waals surface area contributed by atoms with Gasteiger partial charge in [0.2, 0.25) is 0 Å². The first-order valence-corrected chi connectivity index (χ1v) is 7.37. The number of likely N-dealkylation sites (tertiary alicyclic amines) is 1. The van der Waals surface area contributed by atoms with Gasteiger partial charge in [-0.1, -0.05) is 18.2 Å². The normalized spacial score (nSPS) is 17.9. The van der Waals surface area contributed by atoms with E-state index in [0.717, 1.165) is 43.7 Å². The van der Waals surface area contributed by atoms with Gasteiger partial charge in [0.15, 0.2) is 6.10 Å². The number of benzene rings is 1. The minimum Gasteiger partial charge on any atom is -0.481 e. The van der Waals surface area contributed by atoms with Gasteiger partial charge < -0.3 is 15.4 Å². The lowest BCUT2D eigenvalue weighted by molar-refractivity contribution is -0.136. The van der Waals surface area contributed by atoms with E-state index in [9.17, 15) is 4.79 Å². The third kappa shape index (κ3) is 3.73. The zero-order valence-electron chi connectivity index (χ0n) is 12.3. The number of hydrogen-bond donors (Lipinski definition) is 1. The van der Waals surface area contributed by atoms with E-state index in [0.29, 0.717) is 0 Å². The lowest BCUT2D eigenvalue weighted by Crippen LogP contribution is -2.38. The van der Waals surface area contributed by atoms with Crippen LogP contribution in [0.5, 0.6) is 5.75 Å². The summed E-state index contributed by atoms with van der Waals surface area (Å²) >= 11 is 0. The maximum Gasteiger partial charge on any atom is 0.263 e. The molecule has 0 spiro atoms. The van der Waals surface area contributed by atoms with Crippen LogP contribution < -0.4 is 10.5 Å². The summed E-state index contributed by atoms with van der Waals surface area (Å²) in [5.41, 5.74) is 6.91. The van der Waals surface area contributed by atoms with Crippen molar-refractivity contribution < 1.29 is 9.53 Å². The summed E-state index contributed by atoms with van der Waals surface area (Å²) in [5, 5.41) is 0. The second-order valence-corrected chi connectivity index (χ2v) is 5.58. The molecule has 1 heterocycles. The van der Waals surface area contributed by atoms with Gasteiger partial charge >= 0.3 is 0 Å². The van der Waals surface area contributed by atoms with Gasteiger partial charge in [-0.2, -0.15) is 0 Å². The van der Waals surface area contributed by atoms with Gasteiger partial charge in [-0.15, -0.1) is 0 Å². The summed E-state index contributed by atoms with van der Waals surface area (Å²) in [4.78, 5) is 14.1. The highest BCUT2D eigenvalue weighted by molar-refractivity contribution is 5.81. The predicted molar refractivity (Wildman–Crippen MR) is 79.7 cm³/mol. The van der Waals surface area contributed by atoms with Crippen molar-refractivity contribution >= 4 is 5.91 Å². The molecule has 1 aliphatic rings. The van der Waals surface area contributed by atoms with Crippen molar-refractivity contribution in [2.75, 3.05) is 13.1 Å². The zero-order chi connectivity index (χ0) is 14.5. The molecule has 1 aromatic rings. The van der Waals surface area contributed by atoms with Crippen LogP contribution in [0, 0.1) is 0 Å². The third-order valence-corrected chi connectivity index (χ3v) is 3.58. The van der Waals surface area contributed by atoms with E-state index in [1.54, 1.807) is 0 Å². The molecule has 4 nitrogen and oxygen atoms in total. The fourth-order valence-electron chi connectivity index (χ4n) is 2.57. The molecule has 2 N–H and O–H groups in total. The van der Waals surface area contributed by atoms with Crippen molar-refractivity contribution in [3.8, 4) is 5.75 Å². The van der Waals surface area contributed by atoms with Crippen LogP contribution in [-0.2, 0) is 11.2 Å². The Hall–Kier alpha value is -1.55. The molecule has 0 aliphatic carbocycles. The molecule has 2 atom stereocenters. The monoisotopic (exact) mass is 276 g/mol. The highest BCUT2D eigenvalue weighted by atomic mass is 16.5. The minimum atomic E-state index is -0.442. The number of amides is 1. The van der Waals surface area contributed by atoms with Crippen LogP contribution in [0.1, 0.15) is 32.3 Å². The van der Waals surface area contributed by atoms with E-state index in [1.807, 2.05) is 43.0 Å². The smallest absolute Gasteiger partial charge is 0.263 e. The van der Waals surface area contributed by atoms with Crippen LogP contribution >= 0.6 is 0 Å². The number of carbonyl (C=O) groups excluding carboxylic acids is 1. The molecule has 110 valence electrons. The minimum absolute atomic E-state index is 0.0735. The van der Waals surface area contributed by atoms with Crippen LogP contribution in [0.3, 0.4) is 0 Å². The molecule has 20 heavy (non-hydrogen) atoms. The molecule has 0 radical (unpaired) electrons. The number of nitrogens with two attached hydrogens (primary N) is 1. The third-order valence-electron chi connectivity index (χ3n) is 3.58. The fourth-order valence-corrected chi connectivity index (χ4v) is 2.57. The van der Waals surface area contributed by atoms with E-state index >= 15 is 0 Å². The highest BCUT2D eigenvalue weighted by Gasteiger charge is 2.25. The molecule has 1 fully saturated rings. The molecule has 1 aromatic carbocycles. The number of para-hydroxylation sites is 1. The van der Waals surface area contributed by atoms with Gasteiger partial charge in [-0.05, 0) is 44.7 Å². The van der Waals surface area contributed by atoms with Crippen molar-refractivity contribution in [3.05, 3.63) is 29.8 Å². The van der Waals surface area contributed by atoms with Gasteiger partial charge in [0.05, 0.1) is 0 Å². The average molecular weight is 276 g/mol. The number of hydrogen-bond acceptors (Lipinski definition) is 3. The Morgan fingerprint density at radius 1 is 1.30 bits per heavy atom. The molecule has 1 amide bonds. The maximum atomic E-state index is 12.3. The molecule has 1 saturated heterocycles. The van der Waals surface area contributed by atoms with Crippen LogP contribution in [0.25, 0.3) is 0 Å². The summed E-state index contributed by atoms with van der Waals surface area (Å²) in [6.45, 7) is 5.50. The Morgan fingerprint density at radius 2 is 1.95 bits per heavy atom. The van der Waals surface area contributed by atoms with Gasteiger partial charge in [-0.3, -0.25) is 4.79 Å². The fraction of sp³-hybridized carbons (Fsp3) is 0.562. The molecule has 0 aromatic heterocycles. The quantitative estimate of drug-likeness (QED) is 0.894. The molecule has 2 rings (SSSR count). The molecule has 0 bridgehead atoms. The van der Waals surface area contributed by atoms with Gasteiger partial charge in [0.25, 0.3) is 5.91 Å². The van der Waals surface area contributed by atoms with E-state index < -0.39 is 6.10 Å². The summed E-state index contributed by atoms with van der Waals surface area (Å²) in [5.74, 6) is 0.850. The van der Waals surface area contributed by atoms with E-state index in [4.69, 9.17) is 10.5 Å². The Bertz CT molecular complexity index is 454. The van der Waals surface area contributed by atoms with Crippen LogP contribution in [0.4, 0.5) is 0 Å². The Labute approximate surface area is 120 Å². The lowest BCUT2D eigenvalue weighted by Gasteiger charge is -2.22. The second kappa shape index (κ2) is 6.75. The molecular weight excluding hydrogens is 252 g/mol. The maximum absolute atomic E-state index is 12.3. The molecule has 1 aliphatic heterocycles. The van der Waals surface area contributed by atoms with Gasteiger partial charge in [0, 0.05) is 19.1 Å². The van der Waals surface area contributed by atoms with Crippen molar-refractivity contribution in [2.24, 2.45) is 5.73 Å². The molecular formula is C16H24N2O2. The van der Waals surface area contributed by atoms with E-state index in [-0.39, 0.29) is 11.9 Å². The van der Waals surface area contributed by atoms with Crippen LogP contribution in [0.15, 0.2) is 24.3 Å². The number of carbonyl (C=O) groups is 1. The largest absolute Gasteiger partial charge is 0.481 e. The topological polar surface area (TPSA) is 55.6 Å². The summed E-state index contributed by atoms with van der Waals surface area (Å²) < 4.78 is 5.87. The highest BCUT2D eigenvalue weighted by Crippen LogP contribution is 2.21. The predicted octanol–water partition coefficient (Wildman–Crippen LogP) is 1.97. The lowest BCUT2D eigenvalue weighted by atomic mass is 10.1. The Balaban J connectivity index is 2.03. The summed E-state index contributed by atoms with van der Waals surface area (Å²) in [6, 6.07) is 7.88. The summed E-state index contributed by atoms with van der Waals surface area (Å²) in [6.07, 6.45) is 2.50. The van der Waals surface area contributed by atoms with Gasteiger partial charge in [-0.25, -0.2) is 0 Å². The Morgan fingerprint density at radius 3 is 2.60 bits per heavy atom. The first kappa shape index (κ1) is 14.9. The van der Waals surface area contributed by atoms with Gasteiger partial charge in [0.1, 0.15) is 5.75 Å². The average Bonchev–Trinajstić information content (AvgIpc) is 2.93. The second-order valence-electron chi connectivity index (χ2n) is 5.58. The first-order valence-electron chi connectivity index (χ1n) is 7.37. The summed E-state index contributed by atoms with van der Waals surface area (Å²) in [7, 11) is 0. The zero-order valence-corrected chi connectivity index (χ0v) is 12.3. The molecule has 2 unspecified atom stereocenters. The number of nitrogens with zero attached hydrogens (tertiary/aromatic N) is 1. The molecule has 4 heteroatoms.